The zero-order valence-corrected chi connectivity index (χ0v) is 10.5. The molecule has 1 aliphatic carbocycles. The Balaban J connectivity index is 0. The van der Waals surface area contributed by atoms with Crippen LogP contribution < -0.4 is 17.0 Å². The molecule has 0 aromatic heterocycles. The first-order valence-electron chi connectivity index (χ1n) is 3.32. The molecule has 0 amide bonds. The second-order valence-electron chi connectivity index (χ2n) is 2.28. The summed E-state index contributed by atoms with van der Waals surface area (Å²) in [5.74, 6) is 0. The predicted molar refractivity (Wildman–Crippen MR) is 32.0 cm³/mol. The van der Waals surface area contributed by atoms with Gasteiger partial charge in [0.05, 0.1) is 0 Å². The van der Waals surface area contributed by atoms with E-state index < -0.39 is 0 Å². The van der Waals surface area contributed by atoms with Gasteiger partial charge in [-0.25, -0.2) is 0 Å². The van der Waals surface area contributed by atoms with Gasteiger partial charge < -0.3 is 23.4 Å². The Morgan fingerprint density at radius 3 is 1.67 bits per heavy atom. The maximum Gasteiger partial charge on any atom is 2.00 e. The second-order valence-corrected chi connectivity index (χ2v) is 2.28. The van der Waals surface area contributed by atoms with E-state index in [-0.39, 0.29) is 36.5 Å². The molecule has 0 atom stereocenters. The van der Waals surface area contributed by atoms with Crippen LogP contribution in [0.2, 0.25) is 0 Å². The Bertz CT molecular complexity index is 28.5. The fraction of sp³-hybridized carbons (Fsp3) is 0.857. The van der Waals surface area contributed by atoms with E-state index >= 15 is 0 Å². The number of hydrogen-bond donors (Lipinski definition) is 0. The van der Waals surface area contributed by atoms with Crippen LogP contribution in [0.5, 0.6) is 0 Å². The molecule has 0 N–H and O–H groups in total. The maximum absolute atomic E-state index is 2.42. The first-order valence-corrected chi connectivity index (χ1v) is 3.32. The first kappa shape index (κ1) is 12.8. The van der Waals surface area contributed by atoms with Gasteiger partial charge in [-0.3, -0.25) is 0 Å². The topological polar surface area (TPSA) is 0 Å². The van der Waals surface area contributed by atoms with Gasteiger partial charge in [-0.1, -0.05) is 25.7 Å². The number of rotatable bonds is 0. The van der Waals surface area contributed by atoms with Gasteiger partial charge in [-0.05, 0) is 0 Å². The molecule has 0 radical (unpaired) electrons. The molecule has 1 saturated carbocycles. The van der Waals surface area contributed by atoms with Crippen LogP contribution in [0.15, 0.2) is 0 Å². The van der Waals surface area contributed by atoms with Crippen LogP contribution >= 0.6 is 0 Å². The van der Waals surface area contributed by atoms with E-state index in [1.165, 1.54) is 38.5 Å². The standard InChI is InChI=1S/C7H13.BrH.Zn/c1-2-4-6-7-5-3-1;;/h1H,2-7H2;1H;/q-1;;+2/p-1. The zero-order valence-electron chi connectivity index (χ0n) is 5.91. The van der Waals surface area contributed by atoms with Gasteiger partial charge in [0, 0.05) is 0 Å². The van der Waals surface area contributed by atoms with Gasteiger partial charge in [0.1, 0.15) is 0 Å². The van der Waals surface area contributed by atoms with Crippen LogP contribution in [0.25, 0.3) is 0 Å². The van der Waals surface area contributed by atoms with E-state index in [0.29, 0.717) is 0 Å². The minimum atomic E-state index is 0. The Hall–Kier alpha value is 1.10. The largest absolute Gasteiger partial charge is 2.00 e. The van der Waals surface area contributed by atoms with Gasteiger partial charge in [0.2, 0.25) is 0 Å². The molecule has 0 spiro atoms. The van der Waals surface area contributed by atoms with Gasteiger partial charge in [0.25, 0.3) is 0 Å². The monoisotopic (exact) mass is 240 g/mol. The van der Waals surface area contributed by atoms with E-state index in [1.54, 1.807) is 0 Å². The Kier molecular flexibility index (Phi) is 12.9. The molecule has 0 aromatic rings. The van der Waals surface area contributed by atoms with E-state index in [0.717, 1.165) is 0 Å². The molecule has 0 bridgehead atoms. The van der Waals surface area contributed by atoms with Crippen LogP contribution in [0.4, 0.5) is 0 Å². The van der Waals surface area contributed by atoms with Crippen molar-refractivity contribution in [3.8, 4) is 0 Å². The minimum Gasteiger partial charge on any atom is -1.00 e. The van der Waals surface area contributed by atoms with E-state index in [2.05, 4.69) is 6.42 Å². The molecule has 9 heavy (non-hydrogen) atoms. The van der Waals surface area contributed by atoms with Gasteiger partial charge in [0.15, 0.2) is 0 Å². The molecule has 0 heterocycles. The van der Waals surface area contributed by atoms with Crippen molar-refractivity contribution < 1.29 is 36.5 Å². The van der Waals surface area contributed by atoms with Crippen molar-refractivity contribution in [3.63, 3.8) is 0 Å². The Morgan fingerprint density at radius 2 is 1.22 bits per heavy atom. The summed E-state index contributed by atoms with van der Waals surface area (Å²) in [6.45, 7) is 0. The molecule has 50 valence electrons. The molecule has 0 saturated heterocycles. The molecule has 0 aliphatic heterocycles. The van der Waals surface area contributed by atoms with E-state index in [4.69, 9.17) is 0 Å². The molecule has 0 nitrogen and oxygen atoms in total. The van der Waals surface area contributed by atoms with Crippen molar-refractivity contribution in [2.45, 2.75) is 38.5 Å². The predicted octanol–water partition coefficient (Wildman–Crippen LogP) is -0.454. The average molecular weight is 242 g/mol. The first-order chi connectivity index (χ1) is 3.50. The van der Waals surface area contributed by atoms with Crippen molar-refractivity contribution in [2.75, 3.05) is 0 Å². The van der Waals surface area contributed by atoms with Crippen molar-refractivity contribution in [1.29, 1.82) is 0 Å². The summed E-state index contributed by atoms with van der Waals surface area (Å²) in [7, 11) is 0. The summed E-state index contributed by atoms with van der Waals surface area (Å²) in [6.07, 6.45) is 11.0. The Labute approximate surface area is 81.3 Å². The van der Waals surface area contributed by atoms with Crippen molar-refractivity contribution in [2.24, 2.45) is 0 Å². The normalized spacial score (nSPS) is 18.7. The van der Waals surface area contributed by atoms with Crippen LogP contribution in [0, 0.1) is 6.42 Å². The quantitative estimate of drug-likeness (QED) is 0.307. The fourth-order valence-electron chi connectivity index (χ4n) is 1.08. The third kappa shape index (κ3) is 7.00. The summed E-state index contributed by atoms with van der Waals surface area (Å²) < 4.78 is 0. The second kappa shape index (κ2) is 9.10. The summed E-state index contributed by atoms with van der Waals surface area (Å²) >= 11 is 0. The SMILES string of the molecule is [Br-].[CH-]1CCCCCC1.[Zn+2]. The summed E-state index contributed by atoms with van der Waals surface area (Å²) in [6, 6.07) is 0. The van der Waals surface area contributed by atoms with Gasteiger partial charge in [-0.15, -0.1) is 0 Å². The molecule has 1 rings (SSSR count). The Morgan fingerprint density at radius 1 is 0.778 bits per heavy atom. The molecular formula is C7H13BrZn. The van der Waals surface area contributed by atoms with E-state index in [9.17, 15) is 0 Å². The van der Waals surface area contributed by atoms with E-state index in [1.807, 2.05) is 0 Å². The fourth-order valence-corrected chi connectivity index (χ4v) is 1.08. The molecule has 2 heteroatoms. The summed E-state index contributed by atoms with van der Waals surface area (Å²) in [4.78, 5) is 0. The number of halogens is 1. The molecule has 1 fully saturated rings. The number of hydrogen-bond acceptors (Lipinski definition) is 0. The van der Waals surface area contributed by atoms with Crippen LogP contribution in [-0.2, 0) is 19.5 Å². The molecule has 0 unspecified atom stereocenters. The zero-order chi connectivity index (χ0) is 4.95. The molecule has 0 aromatic carbocycles. The minimum absolute atomic E-state index is 0. The maximum atomic E-state index is 2.42. The third-order valence-electron chi connectivity index (χ3n) is 1.57. The van der Waals surface area contributed by atoms with Crippen molar-refractivity contribution in [1.82, 2.24) is 0 Å². The van der Waals surface area contributed by atoms with Crippen LogP contribution in [-0.4, -0.2) is 0 Å². The van der Waals surface area contributed by atoms with Crippen LogP contribution in [0.3, 0.4) is 0 Å². The van der Waals surface area contributed by atoms with Crippen LogP contribution in [0.1, 0.15) is 38.5 Å². The summed E-state index contributed by atoms with van der Waals surface area (Å²) in [5.41, 5.74) is 0. The van der Waals surface area contributed by atoms with Crippen molar-refractivity contribution >= 4 is 0 Å². The average Bonchev–Trinajstić information content (AvgIpc) is 1.90. The summed E-state index contributed by atoms with van der Waals surface area (Å²) in [5, 5.41) is 0. The third-order valence-corrected chi connectivity index (χ3v) is 1.57. The van der Waals surface area contributed by atoms with Gasteiger partial charge in [-0.2, -0.15) is 12.8 Å². The van der Waals surface area contributed by atoms with Gasteiger partial charge >= 0.3 is 19.5 Å². The van der Waals surface area contributed by atoms with Crippen molar-refractivity contribution in [3.05, 3.63) is 6.42 Å². The molecular weight excluding hydrogens is 229 g/mol. The smallest absolute Gasteiger partial charge is 1.00 e. The molecule has 1 aliphatic rings.